The van der Waals surface area contributed by atoms with Gasteiger partial charge in [0.1, 0.15) is 0 Å². The number of nitrogens with two attached hydrogens (primary N) is 1. The van der Waals surface area contributed by atoms with E-state index >= 15 is 0 Å². The molecule has 0 fully saturated rings. The van der Waals surface area contributed by atoms with Crippen molar-refractivity contribution in [1.29, 1.82) is 0 Å². The Morgan fingerprint density at radius 1 is 1.14 bits per heavy atom. The van der Waals surface area contributed by atoms with E-state index in [2.05, 4.69) is 5.32 Å². The largest absolute Gasteiger partial charge is 0.366 e. The van der Waals surface area contributed by atoms with Gasteiger partial charge in [0, 0.05) is 23.4 Å². The molecule has 0 heterocycles. The topological polar surface area (TPSA) is 115 Å². The smallest absolute Gasteiger partial charge is 0.269 e. The second kappa shape index (κ2) is 6.49. The molecule has 3 N–H and O–H groups in total. The summed E-state index contributed by atoms with van der Waals surface area (Å²) in [6.07, 6.45) is 0.0682. The van der Waals surface area contributed by atoms with Crippen molar-refractivity contribution in [3.05, 3.63) is 69.8 Å². The predicted molar refractivity (Wildman–Crippen MR) is 80.4 cm³/mol. The number of hydrogen-bond donors (Lipinski definition) is 2. The molecule has 7 nitrogen and oxygen atoms in total. The first kappa shape index (κ1) is 15.2. The number of nitrogens with one attached hydrogen (secondary N) is 1. The number of rotatable bonds is 5. The van der Waals surface area contributed by atoms with E-state index < -0.39 is 10.8 Å². The monoisotopic (exact) mass is 299 g/mol. The van der Waals surface area contributed by atoms with Crippen LogP contribution in [0.2, 0.25) is 0 Å². The normalized spacial score (nSPS) is 10.0. The molecule has 0 aliphatic heterocycles. The summed E-state index contributed by atoms with van der Waals surface area (Å²) in [6.45, 7) is 0. The number of amides is 2. The van der Waals surface area contributed by atoms with Crippen molar-refractivity contribution in [2.75, 3.05) is 5.32 Å². The summed E-state index contributed by atoms with van der Waals surface area (Å²) in [6, 6.07) is 12.0. The number of anilines is 1. The van der Waals surface area contributed by atoms with Gasteiger partial charge in [-0.2, -0.15) is 0 Å². The van der Waals surface area contributed by atoms with Gasteiger partial charge in [-0.05, 0) is 23.8 Å². The molecule has 7 heteroatoms. The van der Waals surface area contributed by atoms with Crippen molar-refractivity contribution >= 4 is 23.2 Å². The van der Waals surface area contributed by atoms with Crippen LogP contribution in [0.4, 0.5) is 11.4 Å². The number of primary amides is 1. The molecule has 0 spiro atoms. The molecule has 0 atom stereocenters. The molecule has 112 valence electrons. The predicted octanol–water partition coefficient (Wildman–Crippen LogP) is 1.87. The van der Waals surface area contributed by atoms with Gasteiger partial charge in [0.05, 0.1) is 11.3 Å². The highest BCUT2D eigenvalue weighted by molar-refractivity contribution is 5.96. The number of nitro groups is 1. The van der Waals surface area contributed by atoms with Gasteiger partial charge < -0.3 is 11.1 Å². The van der Waals surface area contributed by atoms with Crippen molar-refractivity contribution in [2.45, 2.75) is 6.42 Å². The minimum Gasteiger partial charge on any atom is -0.366 e. The third kappa shape index (κ3) is 3.89. The minimum atomic E-state index is -0.577. The number of benzene rings is 2. The lowest BCUT2D eigenvalue weighted by atomic mass is 10.1. The van der Waals surface area contributed by atoms with Crippen molar-refractivity contribution < 1.29 is 14.5 Å². The molecule has 0 aromatic heterocycles. The molecular weight excluding hydrogens is 286 g/mol. The van der Waals surface area contributed by atoms with E-state index in [1.165, 1.54) is 30.3 Å². The van der Waals surface area contributed by atoms with Crippen LogP contribution in [0.3, 0.4) is 0 Å². The third-order valence-electron chi connectivity index (χ3n) is 2.94. The molecule has 0 radical (unpaired) electrons. The van der Waals surface area contributed by atoms with Crippen LogP contribution in [0.15, 0.2) is 48.5 Å². The Balaban J connectivity index is 2.02. The van der Waals surface area contributed by atoms with Crippen LogP contribution in [0, 0.1) is 10.1 Å². The van der Waals surface area contributed by atoms with Gasteiger partial charge in [-0.1, -0.05) is 18.2 Å². The van der Waals surface area contributed by atoms with Gasteiger partial charge in [-0.3, -0.25) is 19.7 Å². The van der Waals surface area contributed by atoms with Gasteiger partial charge >= 0.3 is 0 Å². The highest BCUT2D eigenvalue weighted by Crippen LogP contribution is 2.14. The Hall–Kier alpha value is -3.22. The van der Waals surface area contributed by atoms with Gasteiger partial charge in [0.15, 0.2) is 0 Å². The zero-order chi connectivity index (χ0) is 16.1. The Morgan fingerprint density at radius 2 is 1.82 bits per heavy atom. The Kier molecular flexibility index (Phi) is 4.47. The van der Waals surface area contributed by atoms with Crippen molar-refractivity contribution in [1.82, 2.24) is 0 Å². The molecule has 0 unspecified atom stereocenters. The third-order valence-corrected chi connectivity index (χ3v) is 2.94. The van der Waals surface area contributed by atoms with E-state index in [0.29, 0.717) is 16.8 Å². The number of carbonyl (C=O) groups excluding carboxylic acids is 2. The first-order chi connectivity index (χ1) is 10.5. The van der Waals surface area contributed by atoms with Crippen LogP contribution >= 0.6 is 0 Å². The molecule has 22 heavy (non-hydrogen) atoms. The van der Waals surface area contributed by atoms with Crippen LogP contribution in [-0.2, 0) is 11.2 Å². The molecule has 0 saturated heterocycles. The maximum Gasteiger partial charge on any atom is 0.269 e. The second-order valence-corrected chi connectivity index (χ2v) is 4.59. The van der Waals surface area contributed by atoms with E-state index in [-0.39, 0.29) is 18.0 Å². The summed E-state index contributed by atoms with van der Waals surface area (Å²) < 4.78 is 0. The summed E-state index contributed by atoms with van der Waals surface area (Å²) in [5.41, 5.74) is 6.55. The fourth-order valence-corrected chi connectivity index (χ4v) is 1.88. The molecule has 2 aromatic rings. The number of nitro benzene ring substituents is 1. The van der Waals surface area contributed by atoms with Gasteiger partial charge in [0.25, 0.3) is 5.69 Å². The summed E-state index contributed by atoms with van der Waals surface area (Å²) in [4.78, 5) is 33.0. The second-order valence-electron chi connectivity index (χ2n) is 4.59. The van der Waals surface area contributed by atoms with Crippen LogP contribution in [0.1, 0.15) is 15.9 Å². The van der Waals surface area contributed by atoms with Gasteiger partial charge in [-0.25, -0.2) is 0 Å². The molecule has 0 bridgehead atoms. The molecule has 0 aliphatic carbocycles. The molecular formula is C15H13N3O4. The zero-order valence-electron chi connectivity index (χ0n) is 11.5. The van der Waals surface area contributed by atoms with Gasteiger partial charge in [0.2, 0.25) is 11.8 Å². The summed E-state index contributed by atoms with van der Waals surface area (Å²) >= 11 is 0. The highest BCUT2D eigenvalue weighted by atomic mass is 16.6. The lowest BCUT2D eigenvalue weighted by Crippen LogP contribution is -2.16. The van der Waals surface area contributed by atoms with E-state index in [9.17, 15) is 19.7 Å². The number of hydrogen-bond acceptors (Lipinski definition) is 4. The quantitative estimate of drug-likeness (QED) is 0.647. The lowest BCUT2D eigenvalue weighted by Gasteiger charge is -2.06. The average molecular weight is 299 g/mol. The van der Waals surface area contributed by atoms with Crippen LogP contribution in [0.5, 0.6) is 0 Å². The fourth-order valence-electron chi connectivity index (χ4n) is 1.88. The van der Waals surface area contributed by atoms with Crippen molar-refractivity contribution in [2.24, 2.45) is 5.73 Å². The van der Waals surface area contributed by atoms with E-state index in [4.69, 9.17) is 5.73 Å². The van der Waals surface area contributed by atoms with Gasteiger partial charge in [-0.15, -0.1) is 0 Å². The lowest BCUT2D eigenvalue weighted by molar-refractivity contribution is -0.384. The van der Waals surface area contributed by atoms with E-state index in [1.54, 1.807) is 18.2 Å². The van der Waals surface area contributed by atoms with E-state index in [0.717, 1.165) is 0 Å². The Bertz CT molecular complexity index is 726. The Morgan fingerprint density at radius 3 is 2.41 bits per heavy atom. The summed E-state index contributed by atoms with van der Waals surface area (Å²) in [7, 11) is 0. The summed E-state index contributed by atoms with van der Waals surface area (Å²) in [5.74, 6) is -0.873. The Labute approximate surface area is 125 Å². The standard InChI is InChI=1S/C15H13N3O4/c16-15(20)11-2-1-3-12(9-11)17-14(19)8-10-4-6-13(7-5-10)18(21)22/h1-7,9H,8H2,(H2,16,20)(H,17,19). The SMILES string of the molecule is NC(=O)c1cccc(NC(=O)Cc2ccc([N+](=O)[O-])cc2)c1. The highest BCUT2D eigenvalue weighted by Gasteiger charge is 2.08. The molecule has 0 saturated carbocycles. The van der Waals surface area contributed by atoms with Crippen LogP contribution < -0.4 is 11.1 Å². The van der Waals surface area contributed by atoms with Crippen molar-refractivity contribution in [3.63, 3.8) is 0 Å². The molecule has 2 rings (SSSR count). The minimum absolute atomic E-state index is 0.0293. The van der Waals surface area contributed by atoms with Crippen LogP contribution in [0.25, 0.3) is 0 Å². The maximum absolute atomic E-state index is 11.9. The number of nitrogens with zero attached hydrogens (tertiary/aromatic N) is 1. The average Bonchev–Trinajstić information content (AvgIpc) is 2.47. The maximum atomic E-state index is 11.9. The number of non-ortho nitro benzene ring substituents is 1. The summed E-state index contributed by atoms with van der Waals surface area (Å²) in [5, 5.41) is 13.2. The number of carbonyl (C=O) groups is 2. The fraction of sp³-hybridized carbons (Fsp3) is 0.0667. The van der Waals surface area contributed by atoms with E-state index in [1.807, 2.05) is 0 Å². The van der Waals surface area contributed by atoms with Crippen molar-refractivity contribution in [3.8, 4) is 0 Å². The molecule has 2 aromatic carbocycles. The zero-order valence-corrected chi connectivity index (χ0v) is 11.5. The van der Waals surface area contributed by atoms with Crippen LogP contribution in [-0.4, -0.2) is 16.7 Å². The molecule has 0 aliphatic rings. The first-order valence-corrected chi connectivity index (χ1v) is 6.39. The molecule has 2 amide bonds. The first-order valence-electron chi connectivity index (χ1n) is 6.39.